The van der Waals surface area contributed by atoms with E-state index in [0.717, 1.165) is 0 Å². The quantitative estimate of drug-likeness (QED) is 0.712. The number of rotatable bonds is 5. The molecule has 8 heteroatoms. The monoisotopic (exact) mass is 393 g/mol. The smallest absolute Gasteiger partial charge is 0.408 e. The molecule has 28 heavy (non-hydrogen) atoms. The van der Waals surface area contributed by atoms with Gasteiger partial charge in [-0.1, -0.05) is 18.2 Å². The van der Waals surface area contributed by atoms with Crippen molar-refractivity contribution in [1.82, 2.24) is 15.5 Å². The van der Waals surface area contributed by atoms with Gasteiger partial charge in [-0.2, -0.15) is 0 Å². The first kappa shape index (κ1) is 23.3. The van der Waals surface area contributed by atoms with Gasteiger partial charge in [-0.25, -0.2) is 4.79 Å². The summed E-state index contributed by atoms with van der Waals surface area (Å²) in [5.41, 5.74) is -0.931. The zero-order valence-corrected chi connectivity index (χ0v) is 17.6. The summed E-state index contributed by atoms with van der Waals surface area (Å²) in [6.45, 7) is 10.2. The van der Waals surface area contributed by atoms with Gasteiger partial charge in [0.05, 0.1) is 0 Å². The van der Waals surface area contributed by atoms with Crippen molar-refractivity contribution in [2.24, 2.45) is 0 Å². The highest BCUT2D eigenvalue weighted by molar-refractivity contribution is 5.91. The average molecular weight is 393 g/mol. The van der Waals surface area contributed by atoms with Crippen molar-refractivity contribution < 1.29 is 24.2 Å². The van der Waals surface area contributed by atoms with Crippen molar-refractivity contribution >= 4 is 17.9 Å². The Kier molecular flexibility index (Phi) is 7.43. The minimum absolute atomic E-state index is 0.101. The lowest BCUT2D eigenvalue weighted by Gasteiger charge is -2.31. The lowest BCUT2D eigenvalue weighted by atomic mass is 10.0. The lowest BCUT2D eigenvalue weighted by Crippen LogP contribution is -2.50. The second-order valence-corrected chi connectivity index (χ2v) is 8.56. The van der Waals surface area contributed by atoms with Crippen LogP contribution in [0.2, 0.25) is 0 Å². The fourth-order valence-electron chi connectivity index (χ4n) is 2.41. The van der Waals surface area contributed by atoms with E-state index in [9.17, 15) is 19.5 Å². The molecule has 0 radical (unpaired) electrons. The van der Waals surface area contributed by atoms with Crippen LogP contribution in [0.5, 0.6) is 5.75 Å². The number of carbonyl (C=O) groups excluding carboxylic acids is 3. The summed E-state index contributed by atoms with van der Waals surface area (Å²) >= 11 is 0. The number of likely N-dealkylation sites (N-methyl/N-ethyl adjacent to an activating group) is 1. The predicted molar refractivity (Wildman–Crippen MR) is 106 cm³/mol. The summed E-state index contributed by atoms with van der Waals surface area (Å²) in [6.07, 6.45) is -0.729. The van der Waals surface area contributed by atoms with Crippen LogP contribution in [0.15, 0.2) is 24.3 Å². The van der Waals surface area contributed by atoms with E-state index in [1.54, 1.807) is 39.0 Å². The van der Waals surface area contributed by atoms with Crippen molar-refractivity contribution in [3.63, 3.8) is 0 Å². The maximum atomic E-state index is 12.9. The van der Waals surface area contributed by atoms with Crippen molar-refractivity contribution in [2.75, 3.05) is 13.6 Å². The normalized spacial score (nSPS) is 12.7. The van der Waals surface area contributed by atoms with E-state index in [4.69, 9.17) is 4.74 Å². The van der Waals surface area contributed by atoms with Crippen molar-refractivity contribution in [3.05, 3.63) is 29.8 Å². The standard InChI is InChI=1S/C20H31N3O5/c1-19(2,3)22-17(26)16(13-10-8-9-11-14(13)24)23(7)15(25)12-21-18(27)28-20(4,5)6/h8-11,16,24H,12H2,1-7H3,(H,21,27)(H,22,26). The number of phenolic OH excluding ortho intramolecular Hbond substituents is 1. The third-order valence-corrected chi connectivity index (χ3v) is 3.54. The topological polar surface area (TPSA) is 108 Å². The van der Waals surface area contributed by atoms with Crippen molar-refractivity contribution in [2.45, 2.75) is 58.7 Å². The first-order chi connectivity index (χ1) is 12.7. The van der Waals surface area contributed by atoms with E-state index in [1.807, 2.05) is 20.8 Å². The molecule has 0 saturated heterocycles. The lowest BCUT2D eigenvalue weighted by molar-refractivity contribution is -0.139. The molecule has 1 aromatic carbocycles. The predicted octanol–water partition coefficient (Wildman–Crippen LogP) is 2.33. The number of hydrogen-bond acceptors (Lipinski definition) is 5. The summed E-state index contributed by atoms with van der Waals surface area (Å²) in [4.78, 5) is 38.4. The fourth-order valence-corrected chi connectivity index (χ4v) is 2.41. The van der Waals surface area contributed by atoms with E-state index >= 15 is 0 Å². The van der Waals surface area contributed by atoms with Crippen molar-refractivity contribution in [3.8, 4) is 5.75 Å². The van der Waals surface area contributed by atoms with Crippen LogP contribution in [-0.4, -0.2) is 52.6 Å². The Bertz CT molecular complexity index is 719. The van der Waals surface area contributed by atoms with Crippen LogP contribution in [0.3, 0.4) is 0 Å². The van der Waals surface area contributed by atoms with Gasteiger partial charge in [-0.15, -0.1) is 0 Å². The molecule has 1 aromatic rings. The number of benzene rings is 1. The Labute approximate surface area is 166 Å². The molecular weight excluding hydrogens is 362 g/mol. The van der Waals surface area contributed by atoms with Crippen LogP contribution in [0.4, 0.5) is 4.79 Å². The zero-order chi connectivity index (χ0) is 21.7. The fraction of sp³-hybridized carbons (Fsp3) is 0.550. The number of hydrogen-bond donors (Lipinski definition) is 3. The van der Waals surface area contributed by atoms with Gasteiger partial charge >= 0.3 is 6.09 Å². The molecule has 0 aliphatic rings. The van der Waals surface area contributed by atoms with Crippen LogP contribution in [0, 0.1) is 0 Å². The van der Waals surface area contributed by atoms with E-state index in [-0.39, 0.29) is 17.9 Å². The van der Waals surface area contributed by atoms with Gasteiger partial charge in [0.2, 0.25) is 11.8 Å². The second kappa shape index (κ2) is 8.95. The van der Waals surface area contributed by atoms with Crippen LogP contribution < -0.4 is 10.6 Å². The third kappa shape index (κ3) is 7.46. The summed E-state index contributed by atoms with van der Waals surface area (Å²) in [5.74, 6) is -1.05. The Morgan fingerprint density at radius 1 is 1.11 bits per heavy atom. The highest BCUT2D eigenvalue weighted by atomic mass is 16.6. The molecule has 0 aliphatic heterocycles. The highest BCUT2D eigenvalue weighted by Crippen LogP contribution is 2.28. The molecule has 1 unspecified atom stereocenters. The Morgan fingerprint density at radius 2 is 1.68 bits per heavy atom. The Balaban J connectivity index is 3.00. The van der Waals surface area contributed by atoms with Crippen LogP contribution in [0.25, 0.3) is 0 Å². The molecule has 0 bridgehead atoms. The van der Waals surface area contributed by atoms with Gasteiger partial charge in [0.25, 0.3) is 0 Å². The number of phenols is 1. The number of carbonyl (C=O) groups is 3. The summed E-state index contributed by atoms with van der Waals surface area (Å²) in [5, 5.41) is 15.4. The van der Waals surface area contributed by atoms with Gasteiger partial charge in [-0.3, -0.25) is 9.59 Å². The SMILES string of the molecule is CN(C(=O)CNC(=O)OC(C)(C)C)C(C(=O)NC(C)(C)C)c1ccccc1O. The van der Waals surface area contributed by atoms with Crippen LogP contribution in [-0.2, 0) is 14.3 Å². The van der Waals surface area contributed by atoms with Crippen molar-refractivity contribution in [1.29, 1.82) is 0 Å². The number of alkyl carbamates (subject to hydrolysis) is 1. The molecule has 0 fully saturated rings. The molecule has 3 amide bonds. The molecule has 0 aliphatic carbocycles. The van der Waals surface area contributed by atoms with E-state index in [1.165, 1.54) is 18.0 Å². The molecule has 0 spiro atoms. The van der Waals surface area contributed by atoms with Crippen LogP contribution >= 0.6 is 0 Å². The maximum Gasteiger partial charge on any atom is 0.408 e. The minimum atomic E-state index is -1.06. The summed E-state index contributed by atoms with van der Waals surface area (Å²) < 4.78 is 5.11. The Hall–Kier alpha value is -2.77. The summed E-state index contributed by atoms with van der Waals surface area (Å²) in [7, 11) is 1.44. The minimum Gasteiger partial charge on any atom is -0.508 e. The first-order valence-corrected chi connectivity index (χ1v) is 9.04. The Morgan fingerprint density at radius 3 is 2.18 bits per heavy atom. The van der Waals surface area contributed by atoms with E-state index in [0.29, 0.717) is 0 Å². The third-order valence-electron chi connectivity index (χ3n) is 3.54. The molecule has 3 N–H and O–H groups in total. The summed E-state index contributed by atoms with van der Waals surface area (Å²) in [6, 6.07) is 5.26. The van der Waals surface area contributed by atoms with Gasteiger partial charge in [0.1, 0.15) is 23.9 Å². The number of nitrogens with one attached hydrogen (secondary N) is 2. The molecule has 0 saturated carbocycles. The average Bonchev–Trinajstić information content (AvgIpc) is 2.51. The van der Waals surface area contributed by atoms with Gasteiger partial charge in [0, 0.05) is 18.2 Å². The van der Waals surface area contributed by atoms with Crippen LogP contribution in [0.1, 0.15) is 53.1 Å². The molecule has 156 valence electrons. The largest absolute Gasteiger partial charge is 0.508 e. The number of para-hydroxylation sites is 1. The zero-order valence-electron chi connectivity index (χ0n) is 17.6. The van der Waals surface area contributed by atoms with E-state index < -0.39 is 35.1 Å². The van der Waals surface area contributed by atoms with E-state index in [2.05, 4.69) is 10.6 Å². The van der Waals surface area contributed by atoms with Gasteiger partial charge in [-0.05, 0) is 47.6 Å². The van der Waals surface area contributed by atoms with Gasteiger partial charge in [0.15, 0.2) is 0 Å². The molecule has 1 rings (SSSR count). The van der Waals surface area contributed by atoms with Gasteiger partial charge < -0.3 is 25.4 Å². The molecule has 8 nitrogen and oxygen atoms in total. The molecule has 0 aromatic heterocycles. The first-order valence-electron chi connectivity index (χ1n) is 9.04. The number of nitrogens with zero attached hydrogens (tertiary/aromatic N) is 1. The highest BCUT2D eigenvalue weighted by Gasteiger charge is 2.32. The molecule has 1 atom stereocenters. The maximum absolute atomic E-state index is 12.9. The number of aromatic hydroxyl groups is 1. The number of amides is 3. The second-order valence-electron chi connectivity index (χ2n) is 8.56. The molecular formula is C20H31N3O5. The number of ether oxygens (including phenoxy) is 1. The molecule has 0 heterocycles.